The Balaban J connectivity index is 1.17. The summed E-state index contributed by atoms with van der Waals surface area (Å²) in [7, 11) is 0. The van der Waals surface area contributed by atoms with Crippen LogP contribution >= 0.6 is 11.8 Å². The Morgan fingerprint density at radius 3 is 1.94 bits per heavy atom. The first-order valence-corrected chi connectivity index (χ1v) is 17.9. The zero-order valence-corrected chi connectivity index (χ0v) is 28.0. The van der Waals surface area contributed by atoms with Gasteiger partial charge in [-0.25, -0.2) is 4.98 Å². The van der Waals surface area contributed by atoms with E-state index in [1.54, 1.807) is 0 Å². The molecule has 0 amide bonds. The van der Waals surface area contributed by atoms with Gasteiger partial charge >= 0.3 is 0 Å². The summed E-state index contributed by atoms with van der Waals surface area (Å²) in [4.78, 5) is 18.1. The monoisotopic (exact) mass is 669 g/mol. The molecule has 1 aliphatic rings. The van der Waals surface area contributed by atoms with Gasteiger partial charge in [-0.3, -0.25) is 9.13 Å². The Kier molecular flexibility index (Phi) is 6.12. The molecule has 3 aromatic heterocycles. The number of benzene rings is 7. The SMILES string of the molecule is c1ccc(-c2nc(-c3ccc(-c4ccc5ccccc5c4)cc3)nc(-n3c4ccccc4c4c5cccc6c5n(c43)-c3ccccc3S6)n2)cc1. The summed E-state index contributed by atoms with van der Waals surface area (Å²) in [5, 5.41) is 6.05. The van der Waals surface area contributed by atoms with Crippen molar-refractivity contribution < 1.29 is 0 Å². The second kappa shape index (κ2) is 11.0. The number of fused-ring (bicyclic) bond motifs is 8. The van der Waals surface area contributed by atoms with E-state index in [1.807, 2.05) is 30.0 Å². The molecule has 10 aromatic rings. The summed E-state index contributed by atoms with van der Waals surface area (Å²) in [5.74, 6) is 1.84. The number of nitrogens with zero attached hydrogens (tertiary/aromatic N) is 5. The van der Waals surface area contributed by atoms with E-state index < -0.39 is 0 Å². The van der Waals surface area contributed by atoms with E-state index in [-0.39, 0.29) is 0 Å². The molecule has 0 N–H and O–H groups in total. The minimum absolute atomic E-state index is 0.583. The van der Waals surface area contributed by atoms with Crippen LogP contribution in [0, 0.1) is 0 Å². The number of rotatable bonds is 4. The van der Waals surface area contributed by atoms with E-state index in [0.29, 0.717) is 17.6 Å². The molecule has 238 valence electrons. The molecule has 6 heteroatoms. The highest BCUT2D eigenvalue weighted by molar-refractivity contribution is 7.99. The van der Waals surface area contributed by atoms with Crippen molar-refractivity contribution in [1.29, 1.82) is 0 Å². The van der Waals surface area contributed by atoms with Gasteiger partial charge in [-0.05, 0) is 52.2 Å². The molecule has 51 heavy (non-hydrogen) atoms. The first-order valence-electron chi connectivity index (χ1n) is 17.0. The van der Waals surface area contributed by atoms with E-state index in [0.717, 1.165) is 33.5 Å². The molecule has 0 saturated heterocycles. The van der Waals surface area contributed by atoms with Crippen LogP contribution in [0.25, 0.3) is 89.2 Å². The average Bonchev–Trinajstić information content (AvgIpc) is 3.72. The van der Waals surface area contributed by atoms with E-state index in [4.69, 9.17) is 15.0 Å². The highest BCUT2D eigenvalue weighted by atomic mass is 32.2. The first kappa shape index (κ1) is 28.3. The van der Waals surface area contributed by atoms with Crippen molar-refractivity contribution in [3.63, 3.8) is 0 Å². The maximum atomic E-state index is 5.28. The molecular weight excluding hydrogens is 643 g/mol. The predicted octanol–water partition coefficient (Wildman–Crippen LogP) is 11.5. The van der Waals surface area contributed by atoms with Crippen molar-refractivity contribution >= 4 is 55.4 Å². The lowest BCUT2D eigenvalue weighted by atomic mass is 10.0. The number of aromatic nitrogens is 5. The Morgan fingerprint density at radius 2 is 1.08 bits per heavy atom. The molecule has 5 nitrogen and oxygen atoms in total. The van der Waals surface area contributed by atoms with Crippen molar-refractivity contribution in [2.45, 2.75) is 9.79 Å². The molecule has 0 saturated carbocycles. The molecule has 0 radical (unpaired) electrons. The summed E-state index contributed by atoms with van der Waals surface area (Å²) in [6.07, 6.45) is 0. The van der Waals surface area contributed by atoms with Crippen LogP contribution < -0.4 is 0 Å². The number of hydrogen-bond acceptors (Lipinski definition) is 4. The van der Waals surface area contributed by atoms with E-state index >= 15 is 0 Å². The smallest absolute Gasteiger partial charge is 0.239 e. The molecule has 0 atom stereocenters. The van der Waals surface area contributed by atoms with Crippen molar-refractivity contribution in [2.75, 3.05) is 0 Å². The standard InChI is InChI=1S/C45H27N5S/c1-2-12-30(13-3-1)42-46-43(31-24-21-29(22-25-31)33-26-23-28-11-4-5-14-32(28)27-33)48-45(47-42)50-36-17-7-6-15-34(36)40-35-16-10-20-39-41(35)49(44(40)50)37-18-8-9-19-38(37)51-39/h1-27H. The van der Waals surface area contributed by atoms with Gasteiger partial charge in [0.1, 0.15) is 5.65 Å². The molecule has 1 aliphatic heterocycles. The second-order valence-electron chi connectivity index (χ2n) is 12.9. The number of para-hydroxylation sites is 3. The first-order chi connectivity index (χ1) is 25.3. The predicted molar refractivity (Wildman–Crippen MR) is 209 cm³/mol. The van der Waals surface area contributed by atoms with Crippen LogP contribution in [-0.4, -0.2) is 24.1 Å². The molecule has 0 fully saturated rings. The Morgan fingerprint density at radius 1 is 0.431 bits per heavy atom. The normalized spacial score (nSPS) is 12.2. The van der Waals surface area contributed by atoms with E-state index in [2.05, 4.69) is 155 Å². The lowest BCUT2D eigenvalue weighted by Gasteiger charge is -2.20. The summed E-state index contributed by atoms with van der Waals surface area (Å²) in [6.45, 7) is 0. The minimum Gasteiger partial charge on any atom is -0.293 e. The minimum atomic E-state index is 0.583. The van der Waals surface area contributed by atoms with Gasteiger partial charge in [-0.15, -0.1) is 0 Å². The van der Waals surface area contributed by atoms with E-state index in [9.17, 15) is 0 Å². The van der Waals surface area contributed by atoms with Crippen LogP contribution in [0.15, 0.2) is 174 Å². The van der Waals surface area contributed by atoms with Gasteiger partial charge in [0.05, 0.1) is 16.7 Å². The number of hydrogen-bond donors (Lipinski definition) is 0. The van der Waals surface area contributed by atoms with Gasteiger partial charge in [0.15, 0.2) is 11.6 Å². The van der Waals surface area contributed by atoms with Crippen LogP contribution in [0.4, 0.5) is 0 Å². The largest absolute Gasteiger partial charge is 0.293 e. The quantitative estimate of drug-likeness (QED) is 0.187. The molecule has 7 aromatic carbocycles. The topological polar surface area (TPSA) is 48.5 Å². The second-order valence-corrected chi connectivity index (χ2v) is 14.0. The van der Waals surface area contributed by atoms with Crippen LogP contribution in [0.1, 0.15) is 0 Å². The van der Waals surface area contributed by atoms with Crippen molar-refractivity contribution in [3.05, 3.63) is 164 Å². The Bertz CT molecular complexity index is 3000. The summed E-state index contributed by atoms with van der Waals surface area (Å²) >= 11 is 1.83. The van der Waals surface area contributed by atoms with Gasteiger partial charge < -0.3 is 0 Å². The lowest BCUT2D eigenvalue weighted by molar-refractivity contribution is 0.927. The lowest BCUT2D eigenvalue weighted by Crippen LogP contribution is -2.10. The van der Waals surface area contributed by atoms with Gasteiger partial charge in [-0.1, -0.05) is 145 Å². The van der Waals surface area contributed by atoms with Crippen LogP contribution in [0.5, 0.6) is 0 Å². The fraction of sp³-hybridized carbons (Fsp3) is 0. The fourth-order valence-corrected chi connectivity index (χ4v) is 8.71. The maximum Gasteiger partial charge on any atom is 0.239 e. The third-order valence-corrected chi connectivity index (χ3v) is 11.1. The van der Waals surface area contributed by atoms with Crippen molar-refractivity contribution in [1.82, 2.24) is 24.1 Å². The molecule has 0 spiro atoms. The summed E-state index contributed by atoms with van der Waals surface area (Å²) in [5.41, 5.74) is 8.67. The van der Waals surface area contributed by atoms with E-state index in [1.165, 1.54) is 47.8 Å². The third kappa shape index (κ3) is 4.33. The van der Waals surface area contributed by atoms with Gasteiger partial charge in [0.25, 0.3) is 0 Å². The van der Waals surface area contributed by atoms with Crippen LogP contribution in [0.3, 0.4) is 0 Å². The Hall–Kier alpha value is -6.50. The molecule has 11 rings (SSSR count). The molecule has 0 bridgehead atoms. The molecule has 4 heterocycles. The fourth-order valence-electron chi connectivity index (χ4n) is 7.62. The molecule has 0 unspecified atom stereocenters. The van der Waals surface area contributed by atoms with Gasteiger partial charge in [-0.2, -0.15) is 9.97 Å². The zero-order chi connectivity index (χ0) is 33.5. The third-order valence-electron chi connectivity index (χ3n) is 9.96. The summed E-state index contributed by atoms with van der Waals surface area (Å²) < 4.78 is 4.65. The molecule has 0 aliphatic carbocycles. The highest BCUT2D eigenvalue weighted by Crippen LogP contribution is 2.49. The molecular formula is C45H27N5S. The van der Waals surface area contributed by atoms with Crippen molar-refractivity contribution in [3.8, 4) is 45.5 Å². The zero-order valence-electron chi connectivity index (χ0n) is 27.2. The summed E-state index contributed by atoms with van der Waals surface area (Å²) in [6, 6.07) is 57.7. The highest BCUT2D eigenvalue weighted by Gasteiger charge is 2.28. The van der Waals surface area contributed by atoms with Gasteiger partial charge in [0, 0.05) is 37.1 Å². The Labute approximate surface area is 297 Å². The average molecular weight is 670 g/mol. The van der Waals surface area contributed by atoms with Gasteiger partial charge in [0.2, 0.25) is 5.95 Å². The van der Waals surface area contributed by atoms with Crippen LogP contribution in [0.2, 0.25) is 0 Å². The van der Waals surface area contributed by atoms with Crippen LogP contribution in [-0.2, 0) is 0 Å². The maximum absolute atomic E-state index is 5.28. The van der Waals surface area contributed by atoms with Crippen molar-refractivity contribution in [2.24, 2.45) is 0 Å².